The molecule has 1 saturated heterocycles. The van der Waals surface area contributed by atoms with Gasteiger partial charge in [0.25, 0.3) is 0 Å². The molecule has 1 aliphatic heterocycles. The monoisotopic (exact) mass is 187 g/mol. The van der Waals surface area contributed by atoms with Crippen LogP contribution in [0.1, 0.15) is 18.4 Å². The summed E-state index contributed by atoms with van der Waals surface area (Å²) in [6.45, 7) is 2.05. The number of anilines is 1. The first-order valence-electron chi connectivity index (χ1n) is 4.91. The number of rotatable bonds is 1. The molecule has 0 saturated carbocycles. The van der Waals surface area contributed by atoms with Crippen LogP contribution in [0.15, 0.2) is 24.3 Å². The third-order valence-electron chi connectivity index (χ3n) is 2.40. The van der Waals surface area contributed by atoms with Crippen LogP contribution in [0.2, 0.25) is 0 Å². The maximum atomic E-state index is 8.77. The van der Waals surface area contributed by atoms with Gasteiger partial charge in [-0.05, 0) is 31.0 Å². The van der Waals surface area contributed by atoms with Gasteiger partial charge in [0.1, 0.15) is 0 Å². The van der Waals surface area contributed by atoms with Crippen molar-refractivity contribution >= 4 is 5.69 Å². The molecule has 3 nitrogen and oxygen atoms in total. The highest BCUT2D eigenvalue weighted by molar-refractivity contribution is 5.50. The molecule has 0 aliphatic carbocycles. The van der Waals surface area contributed by atoms with Gasteiger partial charge in [0.15, 0.2) is 0 Å². The fourth-order valence-corrected chi connectivity index (χ4v) is 1.65. The molecule has 14 heavy (non-hydrogen) atoms. The predicted molar refractivity (Wildman–Crippen MR) is 55.7 cm³/mol. The zero-order valence-corrected chi connectivity index (χ0v) is 8.03. The van der Waals surface area contributed by atoms with Gasteiger partial charge in [0.05, 0.1) is 17.3 Å². The summed E-state index contributed by atoms with van der Waals surface area (Å²) in [5.74, 6) is 0. The third kappa shape index (κ3) is 1.86. The van der Waals surface area contributed by atoms with Gasteiger partial charge in [0.2, 0.25) is 0 Å². The molecule has 1 heterocycles. The van der Waals surface area contributed by atoms with Crippen LogP contribution in [0.5, 0.6) is 0 Å². The van der Waals surface area contributed by atoms with E-state index in [2.05, 4.69) is 16.5 Å². The second kappa shape index (κ2) is 4.12. The molecule has 0 radical (unpaired) electrons. The van der Waals surface area contributed by atoms with Crippen LogP contribution in [0.3, 0.4) is 0 Å². The molecule has 0 spiro atoms. The van der Waals surface area contributed by atoms with E-state index in [0.29, 0.717) is 0 Å². The van der Waals surface area contributed by atoms with Crippen molar-refractivity contribution in [1.82, 2.24) is 5.43 Å². The highest BCUT2D eigenvalue weighted by atomic mass is 15.5. The van der Waals surface area contributed by atoms with E-state index in [0.717, 1.165) is 24.3 Å². The fourth-order valence-electron chi connectivity index (χ4n) is 1.65. The molecule has 72 valence electrons. The molecule has 1 aliphatic rings. The Bertz CT molecular complexity index is 348. The molecule has 1 fully saturated rings. The number of nitrogens with zero attached hydrogens (tertiary/aromatic N) is 2. The van der Waals surface area contributed by atoms with Crippen LogP contribution < -0.4 is 10.4 Å². The van der Waals surface area contributed by atoms with Crippen molar-refractivity contribution in [3.63, 3.8) is 0 Å². The first-order valence-corrected chi connectivity index (χ1v) is 4.91. The van der Waals surface area contributed by atoms with Gasteiger partial charge < -0.3 is 5.01 Å². The average molecular weight is 187 g/mol. The topological polar surface area (TPSA) is 39.1 Å². The number of nitrogens with one attached hydrogen (secondary N) is 1. The zero-order chi connectivity index (χ0) is 9.80. The molecule has 1 aromatic rings. The number of nitriles is 1. The van der Waals surface area contributed by atoms with E-state index < -0.39 is 0 Å². The Hall–Kier alpha value is -1.53. The second-order valence-electron chi connectivity index (χ2n) is 3.43. The van der Waals surface area contributed by atoms with Crippen LogP contribution in [0, 0.1) is 11.3 Å². The Morgan fingerprint density at radius 3 is 3.00 bits per heavy atom. The van der Waals surface area contributed by atoms with E-state index in [1.807, 2.05) is 24.3 Å². The first kappa shape index (κ1) is 9.04. The maximum absolute atomic E-state index is 8.77. The van der Waals surface area contributed by atoms with Crippen LogP contribution in [-0.4, -0.2) is 13.1 Å². The Labute approximate surface area is 83.9 Å². The number of hydrogen-bond acceptors (Lipinski definition) is 3. The molecule has 1 aromatic carbocycles. The van der Waals surface area contributed by atoms with Crippen LogP contribution in [0.4, 0.5) is 5.69 Å². The van der Waals surface area contributed by atoms with E-state index >= 15 is 0 Å². The van der Waals surface area contributed by atoms with Crippen LogP contribution in [-0.2, 0) is 0 Å². The lowest BCUT2D eigenvalue weighted by molar-refractivity contribution is 0.512. The summed E-state index contributed by atoms with van der Waals surface area (Å²) in [5.41, 5.74) is 5.11. The van der Waals surface area contributed by atoms with Crippen molar-refractivity contribution < 1.29 is 0 Å². The van der Waals surface area contributed by atoms with Gasteiger partial charge in [-0.15, -0.1) is 0 Å². The molecule has 3 heteroatoms. The molecular formula is C11H13N3. The SMILES string of the molecule is N#Cc1cccc(N2CCCCN2)c1. The van der Waals surface area contributed by atoms with Gasteiger partial charge in [-0.1, -0.05) is 6.07 Å². The van der Waals surface area contributed by atoms with E-state index in [9.17, 15) is 0 Å². The Morgan fingerprint density at radius 1 is 1.36 bits per heavy atom. The number of hydrazine groups is 1. The van der Waals surface area contributed by atoms with Gasteiger partial charge in [-0.3, -0.25) is 0 Å². The van der Waals surface area contributed by atoms with Crippen molar-refractivity contribution in [3.05, 3.63) is 29.8 Å². The highest BCUT2D eigenvalue weighted by Crippen LogP contribution is 2.16. The summed E-state index contributed by atoms with van der Waals surface area (Å²) >= 11 is 0. The lowest BCUT2D eigenvalue weighted by atomic mass is 10.2. The lowest BCUT2D eigenvalue weighted by Crippen LogP contribution is -2.43. The average Bonchev–Trinajstić information content (AvgIpc) is 2.30. The normalized spacial score (nSPS) is 16.4. The lowest BCUT2D eigenvalue weighted by Gasteiger charge is -2.29. The summed E-state index contributed by atoms with van der Waals surface area (Å²) < 4.78 is 0. The van der Waals surface area contributed by atoms with Crippen molar-refractivity contribution in [2.45, 2.75) is 12.8 Å². The van der Waals surface area contributed by atoms with Crippen molar-refractivity contribution in [1.29, 1.82) is 5.26 Å². The molecule has 2 rings (SSSR count). The molecular weight excluding hydrogens is 174 g/mol. The zero-order valence-electron chi connectivity index (χ0n) is 8.03. The van der Waals surface area contributed by atoms with E-state index in [4.69, 9.17) is 5.26 Å². The summed E-state index contributed by atoms with van der Waals surface area (Å²) in [7, 11) is 0. The van der Waals surface area contributed by atoms with E-state index in [1.165, 1.54) is 12.8 Å². The fraction of sp³-hybridized carbons (Fsp3) is 0.364. The molecule has 1 N–H and O–H groups in total. The van der Waals surface area contributed by atoms with E-state index in [1.54, 1.807) is 0 Å². The number of benzene rings is 1. The molecule has 0 bridgehead atoms. The second-order valence-corrected chi connectivity index (χ2v) is 3.43. The molecule has 0 amide bonds. The molecule has 0 unspecified atom stereocenters. The summed E-state index contributed by atoms with van der Waals surface area (Å²) in [6, 6.07) is 9.84. The number of hydrogen-bond donors (Lipinski definition) is 1. The Kier molecular flexibility index (Phi) is 2.66. The summed E-state index contributed by atoms with van der Waals surface area (Å²) in [4.78, 5) is 0. The van der Waals surface area contributed by atoms with Crippen molar-refractivity contribution in [3.8, 4) is 6.07 Å². The van der Waals surface area contributed by atoms with Gasteiger partial charge in [0, 0.05) is 13.1 Å². The van der Waals surface area contributed by atoms with E-state index in [-0.39, 0.29) is 0 Å². The van der Waals surface area contributed by atoms with Gasteiger partial charge >= 0.3 is 0 Å². The minimum Gasteiger partial charge on any atom is -0.308 e. The van der Waals surface area contributed by atoms with Crippen LogP contribution in [0.25, 0.3) is 0 Å². The first-order chi connectivity index (χ1) is 6.90. The van der Waals surface area contributed by atoms with Gasteiger partial charge in [-0.25, -0.2) is 5.43 Å². The minimum absolute atomic E-state index is 0.717. The predicted octanol–water partition coefficient (Wildman–Crippen LogP) is 1.66. The third-order valence-corrected chi connectivity index (χ3v) is 2.40. The highest BCUT2D eigenvalue weighted by Gasteiger charge is 2.09. The Balaban J connectivity index is 2.18. The van der Waals surface area contributed by atoms with Crippen molar-refractivity contribution in [2.24, 2.45) is 0 Å². The standard InChI is InChI=1S/C11H13N3/c12-9-10-4-3-5-11(8-10)14-7-2-1-6-13-14/h3-5,8,13H,1-2,6-7H2. The summed E-state index contributed by atoms with van der Waals surface area (Å²) in [5, 5.41) is 10.9. The minimum atomic E-state index is 0.717. The quantitative estimate of drug-likeness (QED) is 0.726. The molecule has 0 aromatic heterocycles. The summed E-state index contributed by atoms with van der Waals surface area (Å²) in [6.07, 6.45) is 2.44. The largest absolute Gasteiger partial charge is 0.308 e. The smallest absolute Gasteiger partial charge is 0.0992 e. The Morgan fingerprint density at radius 2 is 2.29 bits per heavy atom. The maximum Gasteiger partial charge on any atom is 0.0992 e. The van der Waals surface area contributed by atoms with Crippen molar-refractivity contribution in [2.75, 3.05) is 18.1 Å². The molecule has 0 atom stereocenters. The van der Waals surface area contributed by atoms with Crippen LogP contribution >= 0.6 is 0 Å². The van der Waals surface area contributed by atoms with Gasteiger partial charge in [-0.2, -0.15) is 5.26 Å².